The molecule has 3 rings (SSSR count). The standard InChI is InChI=1S/C17H18BrClN2O4S2/c1-12-2-3-14(13(18)10-12)25-11-16(22)20-6-8-21(9-7-20)27(23,24)17-5-4-15(19)26-17/h2-5,10H,6-9,11H2,1H3. The Bertz CT molecular complexity index is 940. The summed E-state index contributed by atoms with van der Waals surface area (Å²) in [6.07, 6.45) is 0. The normalized spacial score (nSPS) is 15.7. The van der Waals surface area contributed by atoms with Crippen LogP contribution in [-0.2, 0) is 14.8 Å². The molecule has 6 nitrogen and oxygen atoms in total. The topological polar surface area (TPSA) is 66.9 Å². The zero-order valence-corrected chi connectivity index (χ0v) is 18.5. The Morgan fingerprint density at radius 2 is 1.93 bits per heavy atom. The molecule has 1 amide bonds. The average molecular weight is 494 g/mol. The highest BCUT2D eigenvalue weighted by Crippen LogP contribution is 2.29. The van der Waals surface area contributed by atoms with Gasteiger partial charge in [0, 0.05) is 26.2 Å². The summed E-state index contributed by atoms with van der Waals surface area (Å²) < 4.78 is 33.6. The molecule has 0 atom stereocenters. The largest absolute Gasteiger partial charge is 0.483 e. The minimum Gasteiger partial charge on any atom is -0.483 e. The highest BCUT2D eigenvalue weighted by Gasteiger charge is 2.31. The molecule has 1 aliphatic heterocycles. The summed E-state index contributed by atoms with van der Waals surface area (Å²) in [6.45, 7) is 3.03. The Balaban J connectivity index is 1.55. The lowest BCUT2D eigenvalue weighted by Crippen LogP contribution is -2.51. The van der Waals surface area contributed by atoms with Crippen molar-refractivity contribution in [3.05, 3.63) is 44.7 Å². The van der Waals surface area contributed by atoms with Crippen LogP contribution in [0.1, 0.15) is 5.56 Å². The molecular formula is C17H18BrClN2O4S2. The summed E-state index contributed by atoms with van der Waals surface area (Å²) in [7, 11) is -3.56. The second-order valence-electron chi connectivity index (χ2n) is 6.07. The molecule has 1 fully saturated rings. The molecule has 0 saturated carbocycles. The monoisotopic (exact) mass is 492 g/mol. The van der Waals surface area contributed by atoms with E-state index < -0.39 is 10.0 Å². The summed E-state index contributed by atoms with van der Waals surface area (Å²) in [6, 6.07) is 8.71. The van der Waals surface area contributed by atoms with Crippen molar-refractivity contribution >= 4 is 54.8 Å². The molecule has 1 aromatic heterocycles. The van der Waals surface area contributed by atoms with Gasteiger partial charge in [-0.3, -0.25) is 4.79 Å². The van der Waals surface area contributed by atoms with Crippen LogP contribution in [0, 0.1) is 6.92 Å². The third-order valence-electron chi connectivity index (χ3n) is 4.17. The van der Waals surface area contributed by atoms with E-state index in [1.165, 1.54) is 10.4 Å². The first kappa shape index (κ1) is 20.6. The number of hydrogen-bond donors (Lipinski definition) is 0. The number of hydrogen-bond acceptors (Lipinski definition) is 5. The molecule has 1 aliphatic rings. The van der Waals surface area contributed by atoms with Crippen molar-refractivity contribution in [1.29, 1.82) is 0 Å². The number of sulfonamides is 1. The smallest absolute Gasteiger partial charge is 0.260 e. The quantitative estimate of drug-likeness (QED) is 0.640. The average Bonchev–Trinajstić information content (AvgIpc) is 3.08. The van der Waals surface area contributed by atoms with Crippen LogP contribution in [0.25, 0.3) is 0 Å². The minimum atomic E-state index is -3.56. The van der Waals surface area contributed by atoms with E-state index in [2.05, 4.69) is 15.9 Å². The van der Waals surface area contributed by atoms with Crippen LogP contribution in [0.15, 0.2) is 39.0 Å². The highest BCUT2D eigenvalue weighted by molar-refractivity contribution is 9.10. The molecule has 0 bridgehead atoms. The first-order valence-corrected chi connectivity index (χ1v) is 11.6. The van der Waals surface area contributed by atoms with Crippen molar-refractivity contribution in [1.82, 2.24) is 9.21 Å². The van der Waals surface area contributed by atoms with E-state index in [9.17, 15) is 13.2 Å². The molecule has 0 N–H and O–H groups in total. The number of carbonyl (C=O) groups excluding carboxylic acids is 1. The molecule has 27 heavy (non-hydrogen) atoms. The lowest BCUT2D eigenvalue weighted by Gasteiger charge is -2.33. The third-order valence-corrected chi connectivity index (χ3v) is 8.39. The molecule has 0 radical (unpaired) electrons. The van der Waals surface area contributed by atoms with E-state index in [0.29, 0.717) is 23.2 Å². The van der Waals surface area contributed by atoms with Crippen LogP contribution in [0.2, 0.25) is 4.34 Å². The van der Waals surface area contributed by atoms with Gasteiger partial charge in [-0.2, -0.15) is 4.31 Å². The van der Waals surface area contributed by atoms with Crippen molar-refractivity contribution in [3.8, 4) is 5.75 Å². The lowest BCUT2D eigenvalue weighted by molar-refractivity contribution is -0.134. The Morgan fingerprint density at radius 1 is 1.22 bits per heavy atom. The van der Waals surface area contributed by atoms with E-state index in [-0.39, 0.29) is 29.8 Å². The van der Waals surface area contributed by atoms with Crippen LogP contribution in [-0.4, -0.2) is 56.3 Å². The molecule has 0 spiro atoms. The van der Waals surface area contributed by atoms with E-state index in [1.807, 2.05) is 25.1 Å². The predicted molar refractivity (Wildman–Crippen MR) is 109 cm³/mol. The molecule has 1 saturated heterocycles. The minimum absolute atomic E-state index is 0.0883. The van der Waals surface area contributed by atoms with Gasteiger partial charge in [-0.25, -0.2) is 8.42 Å². The number of ether oxygens (including phenoxy) is 1. The van der Waals surface area contributed by atoms with E-state index in [4.69, 9.17) is 16.3 Å². The molecular weight excluding hydrogens is 476 g/mol. The lowest BCUT2D eigenvalue weighted by atomic mass is 10.2. The zero-order valence-electron chi connectivity index (χ0n) is 14.5. The number of halogens is 2. The Morgan fingerprint density at radius 3 is 2.52 bits per heavy atom. The fourth-order valence-electron chi connectivity index (χ4n) is 2.70. The van der Waals surface area contributed by atoms with Crippen LogP contribution < -0.4 is 4.74 Å². The Labute approximate surface area is 175 Å². The summed E-state index contributed by atoms with van der Waals surface area (Å²) in [4.78, 5) is 14.0. The molecule has 10 heteroatoms. The summed E-state index contributed by atoms with van der Waals surface area (Å²) in [5.41, 5.74) is 1.09. The first-order chi connectivity index (χ1) is 12.8. The number of amides is 1. The fourth-order valence-corrected chi connectivity index (χ4v) is 6.36. The van der Waals surface area contributed by atoms with Crippen LogP contribution in [0.3, 0.4) is 0 Å². The molecule has 0 aliphatic carbocycles. The third kappa shape index (κ3) is 4.83. The van der Waals surface area contributed by atoms with Gasteiger partial charge < -0.3 is 9.64 Å². The van der Waals surface area contributed by atoms with Gasteiger partial charge in [0.05, 0.1) is 8.81 Å². The fraction of sp³-hybridized carbons (Fsp3) is 0.353. The SMILES string of the molecule is Cc1ccc(OCC(=O)N2CCN(S(=O)(=O)c3ccc(Cl)s3)CC2)c(Br)c1. The molecule has 1 aromatic carbocycles. The van der Waals surface area contributed by atoms with Gasteiger partial charge in [0.2, 0.25) is 0 Å². The van der Waals surface area contributed by atoms with Crippen molar-refractivity contribution in [2.75, 3.05) is 32.8 Å². The summed E-state index contributed by atoms with van der Waals surface area (Å²) >= 11 is 10.3. The van der Waals surface area contributed by atoms with Gasteiger partial charge in [0.25, 0.3) is 15.9 Å². The van der Waals surface area contributed by atoms with Crippen molar-refractivity contribution in [3.63, 3.8) is 0 Å². The van der Waals surface area contributed by atoms with Gasteiger partial charge in [-0.05, 0) is 52.7 Å². The van der Waals surface area contributed by atoms with Crippen LogP contribution in [0.5, 0.6) is 5.75 Å². The second kappa shape index (κ2) is 8.48. The number of rotatable bonds is 5. The van der Waals surface area contributed by atoms with E-state index in [1.54, 1.807) is 11.0 Å². The van der Waals surface area contributed by atoms with Crippen molar-refractivity contribution < 1.29 is 17.9 Å². The number of nitrogens with zero attached hydrogens (tertiary/aromatic N) is 2. The zero-order chi connectivity index (χ0) is 19.6. The number of aryl methyl sites for hydroxylation is 1. The Hall–Kier alpha value is -1.13. The summed E-state index contributed by atoms with van der Waals surface area (Å²) in [5.74, 6) is 0.434. The highest BCUT2D eigenvalue weighted by atomic mass is 79.9. The van der Waals surface area contributed by atoms with Crippen molar-refractivity contribution in [2.24, 2.45) is 0 Å². The first-order valence-electron chi connectivity index (χ1n) is 8.19. The second-order valence-corrected chi connectivity index (χ2v) is 10.8. The van der Waals surface area contributed by atoms with Gasteiger partial charge in [0.15, 0.2) is 6.61 Å². The van der Waals surface area contributed by atoms with Crippen LogP contribution >= 0.6 is 38.9 Å². The summed E-state index contributed by atoms with van der Waals surface area (Å²) in [5, 5.41) is 0. The number of carbonyl (C=O) groups is 1. The van der Waals surface area contributed by atoms with Gasteiger partial charge >= 0.3 is 0 Å². The molecule has 2 aromatic rings. The molecule has 0 unspecified atom stereocenters. The number of benzene rings is 1. The molecule has 2 heterocycles. The molecule has 146 valence electrons. The number of piperazine rings is 1. The van der Waals surface area contributed by atoms with Gasteiger partial charge in [0.1, 0.15) is 9.96 Å². The van der Waals surface area contributed by atoms with E-state index >= 15 is 0 Å². The maximum absolute atomic E-state index is 12.6. The predicted octanol–water partition coefficient (Wildman–Crippen LogP) is 3.38. The van der Waals surface area contributed by atoms with Crippen molar-refractivity contribution in [2.45, 2.75) is 11.1 Å². The Kier molecular flexibility index (Phi) is 6.47. The maximum Gasteiger partial charge on any atom is 0.260 e. The van der Waals surface area contributed by atoms with Crippen LogP contribution in [0.4, 0.5) is 0 Å². The van der Waals surface area contributed by atoms with E-state index in [0.717, 1.165) is 21.4 Å². The van der Waals surface area contributed by atoms with Gasteiger partial charge in [-0.15, -0.1) is 11.3 Å². The van der Waals surface area contributed by atoms with Gasteiger partial charge in [-0.1, -0.05) is 17.7 Å². The maximum atomic E-state index is 12.6. The number of thiophene rings is 1.